The number of hydrogen-bond donors (Lipinski definition) is 1. The molecule has 4 nitrogen and oxygen atoms in total. The predicted molar refractivity (Wildman–Crippen MR) is 79.7 cm³/mol. The van der Waals surface area contributed by atoms with Crippen LogP contribution < -0.4 is 0 Å². The molecule has 6 heteroatoms. The van der Waals surface area contributed by atoms with Gasteiger partial charge in [0.25, 0.3) is 0 Å². The van der Waals surface area contributed by atoms with E-state index in [4.69, 9.17) is 5.11 Å². The minimum atomic E-state index is -3.73. The fourth-order valence-electron chi connectivity index (χ4n) is 2.06. The molecular weight excluding hydrogens is 293 g/mol. The van der Waals surface area contributed by atoms with Crippen LogP contribution in [0.1, 0.15) is 32.3 Å². The average Bonchev–Trinajstić information content (AvgIpc) is 2.47. The standard InChI is InChI=1S/C15H20FNO3S/c1-4-13(5-2)17(3)21(19,20)14-9-8-12(7-6-10-18)15(16)11-14/h8-9,11,13,18H,4-5,10H2,1-3H3. The number of halogens is 1. The molecule has 1 N–H and O–H groups in total. The van der Waals surface area contributed by atoms with Crippen molar-refractivity contribution in [3.8, 4) is 11.8 Å². The molecule has 0 bridgehead atoms. The van der Waals surface area contributed by atoms with Crippen molar-refractivity contribution in [2.45, 2.75) is 37.6 Å². The summed E-state index contributed by atoms with van der Waals surface area (Å²) in [5.74, 6) is 4.05. The highest BCUT2D eigenvalue weighted by atomic mass is 32.2. The van der Waals surface area contributed by atoms with Crippen LogP contribution in [0.3, 0.4) is 0 Å². The number of aliphatic hydroxyl groups is 1. The first-order valence-corrected chi connectivity index (χ1v) is 8.19. The van der Waals surface area contributed by atoms with Crippen molar-refractivity contribution in [2.24, 2.45) is 0 Å². The van der Waals surface area contributed by atoms with Gasteiger partial charge in [0.05, 0.1) is 10.5 Å². The van der Waals surface area contributed by atoms with Crippen molar-refractivity contribution in [3.05, 3.63) is 29.6 Å². The molecule has 0 aliphatic rings. The van der Waals surface area contributed by atoms with Gasteiger partial charge in [-0.25, -0.2) is 12.8 Å². The first-order chi connectivity index (χ1) is 9.88. The molecule has 0 amide bonds. The Balaban J connectivity index is 3.18. The van der Waals surface area contributed by atoms with Gasteiger partial charge in [0.1, 0.15) is 12.4 Å². The molecule has 0 spiro atoms. The second kappa shape index (κ2) is 7.55. The van der Waals surface area contributed by atoms with Gasteiger partial charge < -0.3 is 5.11 Å². The third kappa shape index (κ3) is 4.03. The SMILES string of the molecule is CCC(CC)N(C)S(=O)(=O)c1ccc(C#CCO)c(F)c1. The molecule has 0 atom stereocenters. The minimum absolute atomic E-state index is 0.0631. The molecule has 0 unspecified atom stereocenters. The lowest BCUT2D eigenvalue weighted by atomic mass is 10.2. The van der Waals surface area contributed by atoms with Gasteiger partial charge in [0, 0.05) is 13.1 Å². The zero-order chi connectivity index (χ0) is 16.0. The quantitative estimate of drug-likeness (QED) is 0.846. The summed E-state index contributed by atoms with van der Waals surface area (Å²) >= 11 is 0. The van der Waals surface area contributed by atoms with Gasteiger partial charge in [-0.1, -0.05) is 25.7 Å². The summed E-state index contributed by atoms with van der Waals surface area (Å²) in [4.78, 5) is -0.0936. The van der Waals surface area contributed by atoms with Gasteiger partial charge in [-0.15, -0.1) is 0 Å². The van der Waals surface area contributed by atoms with E-state index in [0.717, 1.165) is 6.07 Å². The van der Waals surface area contributed by atoms with Gasteiger partial charge in [-0.2, -0.15) is 4.31 Å². The molecule has 1 aromatic rings. The summed E-state index contributed by atoms with van der Waals surface area (Å²) in [5.41, 5.74) is 0.0631. The lowest BCUT2D eigenvalue weighted by Gasteiger charge is -2.25. The molecule has 0 fully saturated rings. The average molecular weight is 313 g/mol. The Kier molecular flexibility index (Phi) is 6.34. The van der Waals surface area contributed by atoms with Gasteiger partial charge >= 0.3 is 0 Å². The maximum Gasteiger partial charge on any atom is 0.243 e. The van der Waals surface area contributed by atoms with Crippen LogP contribution in [0.5, 0.6) is 0 Å². The van der Waals surface area contributed by atoms with E-state index in [-0.39, 0.29) is 23.1 Å². The van der Waals surface area contributed by atoms with E-state index in [0.29, 0.717) is 12.8 Å². The predicted octanol–water partition coefficient (Wildman–Crippen LogP) is 1.98. The third-order valence-corrected chi connectivity index (χ3v) is 5.28. The van der Waals surface area contributed by atoms with E-state index >= 15 is 0 Å². The van der Waals surface area contributed by atoms with E-state index in [1.165, 1.54) is 23.5 Å². The molecule has 0 saturated carbocycles. The molecule has 0 saturated heterocycles. The number of aliphatic hydroxyl groups excluding tert-OH is 1. The Labute approximate surface area is 125 Å². The Bertz CT molecular complexity index is 643. The van der Waals surface area contributed by atoms with Crippen molar-refractivity contribution in [1.29, 1.82) is 0 Å². The summed E-state index contributed by atoms with van der Waals surface area (Å²) < 4.78 is 40.0. The number of hydrogen-bond acceptors (Lipinski definition) is 3. The van der Waals surface area contributed by atoms with Crippen LogP contribution in [0.25, 0.3) is 0 Å². The molecule has 0 radical (unpaired) electrons. The van der Waals surface area contributed by atoms with Gasteiger partial charge in [0.15, 0.2) is 0 Å². The first kappa shape index (κ1) is 17.6. The second-order valence-electron chi connectivity index (χ2n) is 4.59. The molecule has 1 rings (SSSR count). The first-order valence-electron chi connectivity index (χ1n) is 6.75. The highest BCUT2D eigenvalue weighted by molar-refractivity contribution is 7.89. The minimum Gasteiger partial charge on any atom is -0.384 e. The van der Waals surface area contributed by atoms with Crippen LogP contribution in [0, 0.1) is 17.7 Å². The fourth-order valence-corrected chi connectivity index (χ4v) is 3.57. The van der Waals surface area contributed by atoms with Crippen LogP contribution in [-0.2, 0) is 10.0 Å². The Morgan fingerprint density at radius 2 is 1.95 bits per heavy atom. The summed E-state index contributed by atoms with van der Waals surface area (Å²) in [6, 6.07) is 3.49. The van der Waals surface area contributed by atoms with Crippen LogP contribution in [-0.4, -0.2) is 37.5 Å². The van der Waals surface area contributed by atoms with Crippen LogP contribution in [0.4, 0.5) is 4.39 Å². The molecule has 21 heavy (non-hydrogen) atoms. The summed E-state index contributed by atoms with van der Waals surface area (Å²) in [6.07, 6.45) is 1.38. The van der Waals surface area contributed by atoms with E-state index in [2.05, 4.69) is 11.8 Å². The van der Waals surface area contributed by atoms with Crippen molar-refractivity contribution >= 4 is 10.0 Å². The number of sulfonamides is 1. The highest BCUT2D eigenvalue weighted by Gasteiger charge is 2.26. The lowest BCUT2D eigenvalue weighted by molar-refractivity contribution is 0.349. The zero-order valence-corrected chi connectivity index (χ0v) is 13.2. The zero-order valence-electron chi connectivity index (χ0n) is 12.4. The van der Waals surface area contributed by atoms with Crippen molar-refractivity contribution in [1.82, 2.24) is 4.31 Å². The third-order valence-electron chi connectivity index (χ3n) is 3.38. The number of nitrogens with zero attached hydrogens (tertiary/aromatic N) is 1. The van der Waals surface area contributed by atoms with E-state index in [1.807, 2.05) is 13.8 Å². The molecule has 0 aliphatic heterocycles. The largest absolute Gasteiger partial charge is 0.384 e. The summed E-state index contributed by atoms with van der Waals surface area (Å²) in [5, 5.41) is 8.59. The maximum atomic E-state index is 13.9. The summed E-state index contributed by atoms with van der Waals surface area (Å²) in [6.45, 7) is 3.44. The van der Waals surface area contributed by atoms with Gasteiger partial charge in [-0.05, 0) is 31.0 Å². The number of benzene rings is 1. The highest BCUT2D eigenvalue weighted by Crippen LogP contribution is 2.21. The fraction of sp³-hybridized carbons (Fsp3) is 0.467. The van der Waals surface area contributed by atoms with Crippen LogP contribution in [0.2, 0.25) is 0 Å². The smallest absolute Gasteiger partial charge is 0.243 e. The van der Waals surface area contributed by atoms with Crippen molar-refractivity contribution < 1.29 is 17.9 Å². The molecular formula is C15H20FNO3S. The lowest BCUT2D eigenvalue weighted by Crippen LogP contribution is -2.36. The molecule has 0 heterocycles. The van der Waals surface area contributed by atoms with E-state index in [1.54, 1.807) is 0 Å². The van der Waals surface area contributed by atoms with E-state index < -0.39 is 15.8 Å². The summed E-state index contributed by atoms with van der Waals surface area (Å²) in [7, 11) is -2.22. The van der Waals surface area contributed by atoms with Gasteiger partial charge in [-0.3, -0.25) is 0 Å². The molecule has 116 valence electrons. The Morgan fingerprint density at radius 1 is 1.33 bits per heavy atom. The molecule has 0 aliphatic carbocycles. The van der Waals surface area contributed by atoms with Gasteiger partial charge in [0.2, 0.25) is 10.0 Å². The second-order valence-corrected chi connectivity index (χ2v) is 6.59. The monoisotopic (exact) mass is 313 g/mol. The molecule has 0 aromatic heterocycles. The molecule has 1 aromatic carbocycles. The normalized spacial score (nSPS) is 11.6. The Hall–Kier alpha value is -1.42. The topological polar surface area (TPSA) is 57.6 Å². The Morgan fingerprint density at radius 3 is 2.43 bits per heavy atom. The van der Waals surface area contributed by atoms with E-state index in [9.17, 15) is 12.8 Å². The van der Waals surface area contributed by atoms with Crippen LogP contribution in [0.15, 0.2) is 23.1 Å². The van der Waals surface area contributed by atoms with Crippen molar-refractivity contribution in [2.75, 3.05) is 13.7 Å². The van der Waals surface area contributed by atoms with Crippen LogP contribution >= 0.6 is 0 Å². The van der Waals surface area contributed by atoms with Crippen molar-refractivity contribution in [3.63, 3.8) is 0 Å². The maximum absolute atomic E-state index is 13.9. The number of rotatable bonds is 5.